The lowest BCUT2D eigenvalue weighted by Gasteiger charge is -2.23. The highest BCUT2D eigenvalue weighted by molar-refractivity contribution is 5.90. The molecule has 0 unspecified atom stereocenters. The molecular formula is C12H16N4O2. The lowest BCUT2D eigenvalue weighted by molar-refractivity contribution is 0.281. The molecule has 0 atom stereocenters. The smallest absolute Gasteiger partial charge is 0.134 e. The fourth-order valence-corrected chi connectivity index (χ4v) is 1.87. The fourth-order valence-electron chi connectivity index (χ4n) is 1.87. The van der Waals surface area contributed by atoms with Crippen molar-refractivity contribution in [2.24, 2.45) is 0 Å². The Hall–Kier alpha value is -1.92. The lowest BCUT2D eigenvalue weighted by atomic mass is 10.2. The van der Waals surface area contributed by atoms with Crippen molar-refractivity contribution in [3.05, 3.63) is 24.5 Å². The van der Waals surface area contributed by atoms with Gasteiger partial charge in [0, 0.05) is 24.2 Å². The molecular weight excluding hydrogens is 232 g/mol. The summed E-state index contributed by atoms with van der Waals surface area (Å²) in [5.74, 6) is 0.426. The summed E-state index contributed by atoms with van der Waals surface area (Å²) in [5, 5.41) is 18.8. The van der Waals surface area contributed by atoms with E-state index < -0.39 is 0 Å². The van der Waals surface area contributed by atoms with Gasteiger partial charge in [-0.3, -0.25) is 0 Å². The van der Waals surface area contributed by atoms with E-state index in [1.807, 2.05) is 23.1 Å². The summed E-state index contributed by atoms with van der Waals surface area (Å²) in [6.07, 6.45) is 1.43. The molecule has 0 aliphatic rings. The van der Waals surface area contributed by atoms with Crippen LogP contribution in [0.1, 0.15) is 0 Å². The van der Waals surface area contributed by atoms with Gasteiger partial charge in [-0.15, -0.1) is 0 Å². The molecule has 0 aliphatic carbocycles. The van der Waals surface area contributed by atoms with Gasteiger partial charge in [0.2, 0.25) is 0 Å². The largest absolute Gasteiger partial charge is 0.395 e. The van der Waals surface area contributed by atoms with Crippen molar-refractivity contribution in [3.8, 4) is 0 Å². The maximum Gasteiger partial charge on any atom is 0.134 e. The van der Waals surface area contributed by atoms with E-state index in [2.05, 4.69) is 9.97 Å². The first-order valence-corrected chi connectivity index (χ1v) is 5.73. The van der Waals surface area contributed by atoms with E-state index in [0.29, 0.717) is 18.9 Å². The molecule has 1 aromatic heterocycles. The Morgan fingerprint density at radius 3 is 2.50 bits per heavy atom. The van der Waals surface area contributed by atoms with Gasteiger partial charge in [-0.05, 0) is 18.2 Å². The van der Waals surface area contributed by atoms with Crippen molar-refractivity contribution < 1.29 is 10.2 Å². The number of aromatic nitrogens is 2. The average molecular weight is 248 g/mol. The molecule has 18 heavy (non-hydrogen) atoms. The summed E-state index contributed by atoms with van der Waals surface area (Å²) in [5.41, 5.74) is 7.46. The number of aliphatic hydroxyl groups is 2. The van der Waals surface area contributed by atoms with Crippen molar-refractivity contribution in [2.75, 3.05) is 36.9 Å². The van der Waals surface area contributed by atoms with Crippen LogP contribution in [-0.4, -0.2) is 46.5 Å². The van der Waals surface area contributed by atoms with Gasteiger partial charge in [-0.2, -0.15) is 0 Å². The van der Waals surface area contributed by atoms with Crippen molar-refractivity contribution in [1.82, 2.24) is 9.97 Å². The Labute approximate surface area is 105 Å². The van der Waals surface area contributed by atoms with Crippen LogP contribution in [0, 0.1) is 0 Å². The normalized spacial score (nSPS) is 10.8. The number of rotatable bonds is 5. The zero-order valence-electron chi connectivity index (χ0n) is 9.95. The predicted molar refractivity (Wildman–Crippen MR) is 70.3 cm³/mol. The highest BCUT2D eigenvalue weighted by Crippen LogP contribution is 2.23. The Morgan fingerprint density at radius 1 is 1.11 bits per heavy atom. The minimum Gasteiger partial charge on any atom is -0.395 e. The van der Waals surface area contributed by atoms with Gasteiger partial charge >= 0.3 is 0 Å². The third-order valence-electron chi connectivity index (χ3n) is 2.75. The van der Waals surface area contributed by atoms with Crippen molar-refractivity contribution >= 4 is 22.4 Å². The Balaban J connectivity index is 2.41. The van der Waals surface area contributed by atoms with Crippen LogP contribution in [0.2, 0.25) is 0 Å². The quantitative estimate of drug-likeness (QED) is 0.689. The van der Waals surface area contributed by atoms with Crippen LogP contribution in [0.3, 0.4) is 0 Å². The maximum atomic E-state index is 9.02. The summed E-state index contributed by atoms with van der Waals surface area (Å²) in [6, 6.07) is 5.61. The van der Waals surface area contributed by atoms with Crippen LogP contribution in [-0.2, 0) is 0 Å². The van der Waals surface area contributed by atoms with E-state index in [-0.39, 0.29) is 13.2 Å². The number of nitrogen functional groups attached to an aromatic ring is 1. The number of hydrogen-bond donors (Lipinski definition) is 3. The van der Waals surface area contributed by atoms with E-state index in [4.69, 9.17) is 15.9 Å². The second-order valence-electron chi connectivity index (χ2n) is 3.89. The molecule has 2 aromatic rings. The van der Waals surface area contributed by atoms with Crippen LogP contribution in [0.25, 0.3) is 10.9 Å². The standard InChI is InChI=1S/C12H16N4O2/c13-12-10-7-9(16(3-5-17)4-6-18)1-2-11(10)14-8-15-12/h1-2,7-8,17-18H,3-6H2,(H2,13,14,15). The zero-order valence-corrected chi connectivity index (χ0v) is 9.95. The molecule has 1 aromatic carbocycles. The second kappa shape index (κ2) is 5.61. The van der Waals surface area contributed by atoms with Gasteiger partial charge < -0.3 is 20.8 Å². The molecule has 0 spiro atoms. The SMILES string of the molecule is Nc1ncnc2ccc(N(CCO)CCO)cc12. The van der Waals surface area contributed by atoms with Gasteiger partial charge in [0.15, 0.2) is 0 Å². The molecule has 0 saturated heterocycles. The molecule has 4 N–H and O–H groups in total. The van der Waals surface area contributed by atoms with Crippen molar-refractivity contribution in [1.29, 1.82) is 0 Å². The summed E-state index contributed by atoms with van der Waals surface area (Å²) in [7, 11) is 0. The summed E-state index contributed by atoms with van der Waals surface area (Å²) in [4.78, 5) is 9.96. The minimum atomic E-state index is 0.0266. The van der Waals surface area contributed by atoms with Gasteiger partial charge in [0.25, 0.3) is 0 Å². The second-order valence-corrected chi connectivity index (χ2v) is 3.89. The summed E-state index contributed by atoms with van der Waals surface area (Å²) >= 11 is 0. The van der Waals surface area contributed by atoms with Crippen LogP contribution in [0.4, 0.5) is 11.5 Å². The molecule has 0 aliphatic heterocycles. The van der Waals surface area contributed by atoms with E-state index in [9.17, 15) is 0 Å². The number of fused-ring (bicyclic) bond motifs is 1. The highest BCUT2D eigenvalue weighted by atomic mass is 16.3. The number of hydrogen-bond acceptors (Lipinski definition) is 6. The number of benzene rings is 1. The molecule has 0 saturated carbocycles. The number of aliphatic hydroxyl groups excluding tert-OH is 2. The van der Waals surface area contributed by atoms with Gasteiger partial charge in [0.05, 0.1) is 18.7 Å². The molecule has 0 fully saturated rings. The summed E-state index contributed by atoms with van der Waals surface area (Å²) in [6.45, 7) is 0.969. The first-order valence-electron chi connectivity index (χ1n) is 5.73. The highest BCUT2D eigenvalue weighted by Gasteiger charge is 2.08. The zero-order chi connectivity index (χ0) is 13.0. The molecule has 1 heterocycles. The number of nitrogens with zero attached hydrogens (tertiary/aromatic N) is 3. The molecule has 0 amide bonds. The summed E-state index contributed by atoms with van der Waals surface area (Å²) < 4.78 is 0. The molecule has 0 radical (unpaired) electrons. The number of nitrogens with two attached hydrogens (primary N) is 1. The molecule has 6 nitrogen and oxygen atoms in total. The van der Waals surface area contributed by atoms with E-state index in [1.165, 1.54) is 6.33 Å². The van der Waals surface area contributed by atoms with Crippen molar-refractivity contribution in [3.63, 3.8) is 0 Å². The van der Waals surface area contributed by atoms with Gasteiger partial charge in [-0.25, -0.2) is 9.97 Å². The minimum absolute atomic E-state index is 0.0266. The van der Waals surface area contributed by atoms with E-state index in [0.717, 1.165) is 16.6 Å². The van der Waals surface area contributed by atoms with Crippen molar-refractivity contribution in [2.45, 2.75) is 0 Å². The van der Waals surface area contributed by atoms with E-state index >= 15 is 0 Å². The first kappa shape index (κ1) is 12.5. The Morgan fingerprint density at radius 2 is 1.83 bits per heavy atom. The van der Waals surface area contributed by atoms with Crippen LogP contribution >= 0.6 is 0 Å². The topological polar surface area (TPSA) is 95.5 Å². The third kappa shape index (κ3) is 2.49. The van der Waals surface area contributed by atoms with Crippen LogP contribution < -0.4 is 10.6 Å². The van der Waals surface area contributed by atoms with Gasteiger partial charge in [0.1, 0.15) is 12.1 Å². The van der Waals surface area contributed by atoms with Gasteiger partial charge in [-0.1, -0.05) is 0 Å². The Bertz CT molecular complexity index is 526. The first-order chi connectivity index (χ1) is 8.76. The number of anilines is 2. The average Bonchev–Trinajstić information content (AvgIpc) is 2.39. The molecule has 6 heteroatoms. The molecule has 2 rings (SSSR count). The van der Waals surface area contributed by atoms with Crippen LogP contribution in [0.5, 0.6) is 0 Å². The molecule has 96 valence electrons. The predicted octanol–water partition coefficient (Wildman–Crippen LogP) is 0.00300. The fraction of sp³-hybridized carbons (Fsp3) is 0.333. The maximum absolute atomic E-state index is 9.02. The monoisotopic (exact) mass is 248 g/mol. The Kier molecular flexibility index (Phi) is 3.91. The third-order valence-corrected chi connectivity index (χ3v) is 2.75. The lowest BCUT2D eigenvalue weighted by Crippen LogP contribution is -2.29. The van der Waals surface area contributed by atoms with E-state index in [1.54, 1.807) is 0 Å². The molecule has 0 bridgehead atoms. The van der Waals surface area contributed by atoms with Crippen LogP contribution in [0.15, 0.2) is 24.5 Å².